The lowest BCUT2D eigenvalue weighted by Gasteiger charge is -2.31. The molecule has 3 heterocycles. The highest BCUT2D eigenvalue weighted by Gasteiger charge is 2.27. The van der Waals surface area contributed by atoms with Gasteiger partial charge in [-0.3, -0.25) is 13.9 Å². The molecule has 0 amide bonds. The lowest BCUT2D eigenvalue weighted by Crippen LogP contribution is -2.44. The van der Waals surface area contributed by atoms with Gasteiger partial charge in [-0.1, -0.05) is 30.3 Å². The molecule has 0 radical (unpaired) electrons. The normalized spacial score (nSPS) is 13.3. The SMILES string of the molecule is Cn1c(N2CCn3c(nnc3-c3ccccc3)C2)c(C#N)c(=O)n(C)c1=O. The highest BCUT2D eigenvalue weighted by molar-refractivity contribution is 5.57. The molecule has 0 bridgehead atoms. The van der Waals surface area contributed by atoms with Gasteiger partial charge < -0.3 is 9.47 Å². The Morgan fingerprint density at radius 1 is 1.04 bits per heavy atom. The number of anilines is 1. The van der Waals surface area contributed by atoms with Gasteiger partial charge in [0.2, 0.25) is 0 Å². The summed E-state index contributed by atoms with van der Waals surface area (Å²) in [6.45, 7) is 1.47. The van der Waals surface area contributed by atoms with Crippen molar-refractivity contribution in [3.63, 3.8) is 0 Å². The summed E-state index contributed by atoms with van der Waals surface area (Å²) in [5, 5.41) is 18.1. The highest BCUT2D eigenvalue weighted by Crippen LogP contribution is 2.25. The van der Waals surface area contributed by atoms with Crippen molar-refractivity contribution >= 4 is 5.82 Å². The van der Waals surface area contributed by atoms with Crippen LogP contribution in [0.4, 0.5) is 5.82 Å². The number of hydrogen-bond donors (Lipinski definition) is 0. The van der Waals surface area contributed by atoms with E-state index in [9.17, 15) is 14.9 Å². The second kappa shape index (κ2) is 6.25. The smallest absolute Gasteiger partial charge is 0.332 e. The molecule has 4 rings (SSSR count). The molecule has 9 heteroatoms. The summed E-state index contributed by atoms with van der Waals surface area (Å²) in [6.07, 6.45) is 0. The van der Waals surface area contributed by atoms with Gasteiger partial charge in [0.25, 0.3) is 5.56 Å². The average molecular weight is 363 g/mol. The zero-order valence-electron chi connectivity index (χ0n) is 15.0. The van der Waals surface area contributed by atoms with E-state index < -0.39 is 11.2 Å². The van der Waals surface area contributed by atoms with Gasteiger partial charge in [-0.2, -0.15) is 5.26 Å². The van der Waals surface area contributed by atoms with Gasteiger partial charge in [0.1, 0.15) is 11.9 Å². The van der Waals surface area contributed by atoms with Crippen LogP contribution in [0, 0.1) is 11.3 Å². The van der Waals surface area contributed by atoms with Crippen LogP contribution in [0.25, 0.3) is 11.4 Å². The van der Waals surface area contributed by atoms with E-state index in [4.69, 9.17) is 0 Å². The van der Waals surface area contributed by atoms with Gasteiger partial charge in [-0.05, 0) is 0 Å². The lowest BCUT2D eigenvalue weighted by atomic mass is 10.2. The minimum atomic E-state index is -0.590. The van der Waals surface area contributed by atoms with Crippen LogP contribution in [0.3, 0.4) is 0 Å². The number of nitriles is 1. The average Bonchev–Trinajstić information content (AvgIpc) is 3.12. The van der Waals surface area contributed by atoms with Crippen LogP contribution in [-0.2, 0) is 27.2 Å². The van der Waals surface area contributed by atoms with Crippen molar-refractivity contribution in [2.75, 3.05) is 11.4 Å². The second-order valence-corrected chi connectivity index (χ2v) is 6.40. The molecule has 2 aromatic heterocycles. The van der Waals surface area contributed by atoms with Crippen LogP contribution in [0.15, 0.2) is 39.9 Å². The van der Waals surface area contributed by atoms with E-state index in [1.165, 1.54) is 11.6 Å². The van der Waals surface area contributed by atoms with Gasteiger partial charge >= 0.3 is 5.69 Å². The molecule has 0 aliphatic carbocycles. The van der Waals surface area contributed by atoms with Gasteiger partial charge in [-0.25, -0.2) is 4.79 Å². The Morgan fingerprint density at radius 3 is 2.48 bits per heavy atom. The van der Waals surface area contributed by atoms with Crippen molar-refractivity contribution in [2.45, 2.75) is 13.1 Å². The maximum Gasteiger partial charge on any atom is 0.332 e. The zero-order chi connectivity index (χ0) is 19.1. The van der Waals surface area contributed by atoms with Crippen LogP contribution in [-0.4, -0.2) is 30.4 Å². The summed E-state index contributed by atoms with van der Waals surface area (Å²) in [4.78, 5) is 26.5. The third kappa shape index (κ3) is 2.54. The molecule has 136 valence electrons. The fourth-order valence-electron chi connectivity index (χ4n) is 3.44. The summed E-state index contributed by atoms with van der Waals surface area (Å²) >= 11 is 0. The van der Waals surface area contributed by atoms with Crippen molar-refractivity contribution < 1.29 is 0 Å². The standard InChI is InChI=1S/C18H17N7O2/c1-22-16(13(10-19)17(26)23(2)18(22)27)24-8-9-25-14(11-24)20-21-15(25)12-6-4-3-5-7-12/h3-7H,8-9,11H2,1-2H3. The largest absolute Gasteiger partial charge is 0.347 e. The predicted molar refractivity (Wildman–Crippen MR) is 98.1 cm³/mol. The fraction of sp³-hybridized carbons (Fsp3) is 0.278. The van der Waals surface area contributed by atoms with E-state index in [0.29, 0.717) is 25.5 Å². The monoisotopic (exact) mass is 363 g/mol. The fourth-order valence-corrected chi connectivity index (χ4v) is 3.44. The van der Waals surface area contributed by atoms with Gasteiger partial charge in [0, 0.05) is 32.7 Å². The lowest BCUT2D eigenvalue weighted by molar-refractivity contribution is 0.544. The summed E-state index contributed by atoms with van der Waals surface area (Å²) in [5.41, 5.74) is -0.127. The summed E-state index contributed by atoms with van der Waals surface area (Å²) in [6, 6.07) is 11.7. The van der Waals surface area contributed by atoms with Crippen LogP contribution in [0.2, 0.25) is 0 Å². The Balaban J connectivity index is 1.78. The Morgan fingerprint density at radius 2 is 1.78 bits per heavy atom. The summed E-state index contributed by atoms with van der Waals surface area (Å²) in [5.74, 6) is 1.82. The van der Waals surface area contributed by atoms with Gasteiger partial charge in [0.05, 0.1) is 6.54 Å². The number of aromatic nitrogens is 5. The maximum absolute atomic E-state index is 12.3. The molecular formula is C18H17N7O2. The van der Waals surface area contributed by atoms with Crippen molar-refractivity contribution in [2.24, 2.45) is 14.1 Å². The van der Waals surface area contributed by atoms with E-state index in [1.54, 1.807) is 7.05 Å². The van der Waals surface area contributed by atoms with Crippen LogP contribution in [0.1, 0.15) is 11.4 Å². The number of fused-ring (bicyclic) bond motifs is 1. The molecule has 1 aromatic carbocycles. The molecule has 0 N–H and O–H groups in total. The third-order valence-corrected chi connectivity index (χ3v) is 4.83. The van der Waals surface area contributed by atoms with E-state index in [0.717, 1.165) is 21.8 Å². The number of rotatable bonds is 2. The Bertz CT molecular complexity index is 1180. The maximum atomic E-state index is 12.3. The molecule has 0 saturated carbocycles. The van der Waals surface area contributed by atoms with E-state index in [2.05, 4.69) is 10.2 Å². The van der Waals surface area contributed by atoms with Crippen molar-refractivity contribution in [1.29, 1.82) is 5.26 Å². The van der Waals surface area contributed by atoms with Crippen molar-refractivity contribution in [1.82, 2.24) is 23.9 Å². The molecule has 9 nitrogen and oxygen atoms in total. The molecule has 3 aromatic rings. The molecule has 0 fully saturated rings. The summed E-state index contributed by atoms with van der Waals surface area (Å²) in [7, 11) is 2.93. The van der Waals surface area contributed by atoms with E-state index in [-0.39, 0.29) is 5.56 Å². The quantitative estimate of drug-likeness (QED) is 0.646. The molecule has 1 aliphatic rings. The first-order valence-electron chi connectivity index (χ1n) is 8.45. The van der Waals surface area contributed by atoms with Crippen molar-refractivity contribution in [3.05, 3.63) is 62.6 Å². The third-order valence-electron chi connectivity index (χ3n) is 4.83. The first-order chi connectivity index (χ1) is 13.0. The molecule has 0 unspecified atom stereocenters. The Kier molecular flexibility index (Phi) is 3.88. The Hall–Kier alpha value is -3.67. The molecule has 1 aliphatic heterocycles. The number of benzene rings is 1. The Labute approximate surface area is 154 Å². The topological polar surface area (TPSA) is 102 Å². The highest BCUT2D eigenvalue weighted by atomic mass is 16.2. The summed E-state index contributed by atoms with van der Waals surface area (Å²) < 4.78 is 4.31. The van der Waals surface area contributed by atoms with Gasteiger partial charge in [-0.15, -0.1) is 10.2 Å². The number of hydrogen-bond acceptors (Lipinski definition) is 6. The minimum Gasteiger partial charge on any atom is -0.347 e. The molecule has 0 spiro atoms. The molecule has 27 heavy (non-hydrogen) atoms. The zero-order valence-corrected chi connectivity index (χ0v) is 15.0. The van der Waals surface area contributed by atoms with E-state index >= 15 is 0 Å². The minimum absolute atomic E-state index is 0.0455. The predicted octanol–water partition coefficient (Wildman–Crippen LogP) is 0.234. The van der Waals surface area contributed by atoms with E-state index in [1.807, 2.05) is 45.9 Å². The first-order valence-corrected chi connectivity index (χ1v) is 8.45. The first kappa shape index (κ1) is 16.8. The molecule has 0 atom stereocenters. The van der Waals surface area contributed by atoms with Crippen LogP contribution >= 0.6 is 0 Å². The van der Waals surface area contributed by atoms with Crippen LogP contribution in [0.5, 0.6) is 0 Å². The van der Waals surface area contributed by atoms with Crippen LogP contribution < -0.4 is 16.1 Å². The van der Waals surface area contributed by atoms with Gasteiger partial charge in [0.15, 0.2) is 17.2 Å². The molecular weight excluding hydrogens is 346 g/mol. The van der Waals surface area contributed by atoms with Crippen molar-refractivity contribution in [3.8, 4) is 17.5 Å². The molecule has 0 saturated heterocycles. The number of nitrogens with zero attached hydrogens (tertiary/aromatic N) is 7. The second-order valence-electron chi connectivity index (χ2n) is 6.40.